The Balaban J connectivity index is 1.73. The molecule has 184 valence electrons. The molecule has 8 nitrogen and oxygen atoms in total. The van der Waals surface area contributed by atoms with E-state index in [0.29, 0.717) is 29.1 Å². The smallest absolute Gasteiger partial charge is 0.279 e. The van der Waals surface area contributed by atoms with Crippen LogP contribution in [0.5, 0.6) is 5.75 Å². The van der Waals surface area contributed by atoms with Gasteiger partial charge < -0.3 is 4.74 Å². The van der Waals surface area contributed by atoms with Crippen molar-refractivity contribution in [1.29, 1.82) is 0 Å². The third kappa shape index (κ3) is 5.33. The molecule has 0 spiro atoms. The average Bonchev–Trinajstić information content (AvgIpc) is 3.31. The van der Waals surface area contributed by atoms with Crippen LogP contribution in [-0.2, 0) is 20.0 Å². The van der Waals surface area contributed by atoms with Crippen LogP contribution in [0.25, 0.3) is 0 Å². The number of anilines is 1. The molecule has 0 aromatic heterocycles. The monoisotopic (exact) mass is 513 g/mol. The van der Waals surface area contributed by atoms with Crippen LogP contribution in [0.3, 0.4) is 0 Å². The average molecular weight is 514 g/mol. The summed E-state index contributed by atoms with van der Waals surface area (Å²) in [4.78, 5) is 0.158. The first-order valence-electron chi connectivity index (χ1n) is 11.1. The van der Waals surface area contributed by atoms with E-state index in [9.17, 15) is 16.8 Å². The topological polar surface area (TPSA) is 105 Å². The van der Waals surface area contributed by atoms with E-state index in [-0.39, 0.29) is 10.6 Å². The molecule has 10 heteroatoms. The van der Waals surface area contributed by atoms with Gasteiger partial charge in [0.15, 0.2) is 0 Å². The molecule has 1 atom stereocenters. The fraction of sp³-hybridized carbons (Fsp3) is 0.240. The van der Waals surface area contributed by atoms with Gasteiger partial charge in [-0.15, -0.1) is 0 Å². The van der Waals surface area contributed by atoms with Crippen LogP contribution in [0.4, 0.5) is 5.69 Å². The molecule has 1 heterocycles. The van der Waals surface area contributed by atoms with Crippen LogP contribution in [0, 0.1) is 6.92 Å². The molecule has 35 heavy (non-hydrogen) atoms. The summed E-state index contributed by atoms with van der Waals surface area (Å²) < 4.78 is 59.9. The molecule has 3 aromatic rings. The number of methoxy groups -OCH3 is 1. The second-order valence-electron chi connectivity index (χ2n) is 8.22. The molecular formula is C25H27N3O5S2. The minimum Gasteiger partial charge on any atom is -0.497 e. The van der Waals surface area contributed by atoms with Gasteiger partial charge in [0.2, 0.25) is 10.0 Å². The van der Waals surface area contributed by atoms with Gasteiger partial charge >= 0.3 is 0 Å². The van der Waals surface area contributed by atoms with E-state index in [1.807, 2.05) is 25.1 Å². The Morgan fingerprint density at radius 1 is 1.00 bits per heavy atom. The van der Waals surface area contributed by atoms with Gasteiger partial charge in [0.05, 0.1) is 29.5 Å². The van der Waals surface area contributed by atoms with Crippen molar-refractivity contribution in [2.45, 2.75) is 31.2 Å². The molecule has 0 aliphatic carbocycles. The zero-order valence-electron chi connectivity index (χ0n) is 19.7. The predicted molar refractivity (Wildman–Crippen MR) is 137 cm³/mol. The van der Waals surface area contributed by atoms with Crippen molar-refractivity contribution in [1.82, 2.24) is 4.41 Å². The Morgan fingerprint density at radius 2 is 1.69 bits per heavy atom. The van der Waals surface area contributed by atoms with Gasteiger partial charge in [0, 0.05) is 12.1 Å². The summed E-state index contributed by atoms with van der Waals surface area (Å²) in [6.07, 6.45) is 0.346. The number of hydrazone groups is 1. The van der Waals surface area contributed by atoms with Crippen LogP contribution in [0.2, 0.25) is 0 Å². The Hall–Kier alpha value is -3.37. The maximum Gasteiger partial charge on any atom is 0.279 e. The Kier molecular flexibility index (Phi) is 6.86. The van der Waals surface area contributed by atoms with E-state index in [1.165, 1.54) is 0 Å². The van der Waals surface area contributed by atoms with E-state index in [0.717, 1.165) is 15.5 Å². The first-order valence-corrected chi connectivity index (χ1v) is 14.2. The van der Waals surface area contributed by atoms with Crippen LogP contribution in [0.15, 0.2) is 82.8 Å². The number of rotatable bonds is 8. The lowest BCUT2D eigenvalue weighted by atomic mass is 9.99. The second-order valence-corrected chi connectivity index (χ2v) is 12.0. The number of nitrogens with zero attached hydrogens (tertiary/aromatic N) is 2. The lowest BCUT2D eigenvalue weighted by Crippen LogP contribution is -2.27. The lowest BCUT2D eigenvalue weighted by molar-refractivity contribution is 0.368. The van der Waals surface area contributed by atoms with Gasteiger partial charge in [-0.25, -0.2) is 8.42 Å². The third-order valence-corrected chi connectivity index (χ3v) is 8.79. The molecule has 1 N–H and O–H groups in total. The van der Waals surface area contributed by atoms with E-state index in [1.54, 1.807) is 68.6 Å². The molecule has 0 radical (unpaired) electrons. The van der Waals surface area contributed by atoms with Gasteiger partial charge in [0.1, 0.15) is 5.75 Å². The summed E-state index contributed by atoms with van der Waals surface area (Å²) >= 11 is 0. The highest BCUT2D eigenvalue weighted by molar-refractivity contribution is 7.92. The lowest BCUT2D eigenvalue weighted by Gasteiger charge is -2.23. The van der Waals surface area contributed by atoms with E-state index in [4.69, 9.17) is 4.74 Å². The summed E-state index contributed by atoms with van der Waals surface area (Å²) in [5, 5.41) is 4.55. The summed E-state index contributed by atoms with van der Waals surface area (Å²) in [6, 6.07) is 20.1. The second kappa shape index (κ2) is 9.71. The van der Waals surface area contributed by atoms with Crippen LogP contribution < -0.4 is 9.46 Å². The van der Waals surface area contributed by atoms with Crippen molar-refractivity contribution >= 4 is 31.4 Å². The van der Waals surface area contributed by atoms with Gasteiger partial charge in [-0.05, 0) is 61.4 Å². The maximum absolute atomic E-state index is 13.6. The number of benzene rings is 3. The molecule has 0 amide bonds. The summed E-state index contributed by atoms with van der Waals surface area (Å²) in [5.41, 5.74) is 3.43. The largest absolute Gasteiger partial charge is 0.497 e. The van der Waals surface area contributed by atoms with Crippen LogP contribution >= 0.6 is 0 Å². The summed E-state index contributed by atoms with van der Waals surface area (Å²) in [7, 11) is -5.77. The minimum absolute atomic E-state index is 0.0322. The molecule has 0 fully saturated rings. The Labute approximate surface area is 206 Å². The van der Waals surface area contributed by atoms with Crippen molar-refractivity contribution in [3.05, 3.63) is 89.5 Å². The zero-order chi connectivity index (χ0) is 25.2. The molecule has 0 unspecified atom stereocenters. The molecule has 0 saturated carbocycles. The van der Waals surface area contributed by atoms with Crippen molar-refractivity contribution in [3.8, 4) is 5.75 Å². The third-order valence-electron chi connectivity index (χ3n) is 5.79. The molecule has 0 bridgehead atoms. The number of aryl methyl sites for hydroxylation is 1. The van der Waals surface area contributed by atoms with Crippen LogP contribution in [0.1, 0.15) is 36.1 Å². The summed E-state index contributed by atoms with van der Waals surface area (Å²) in [6.45, 7) is 3.46. The molecule has 3 aromatic carbocycles. The highest BCUT2D eigenvalue weighted by Crippen LogP contribution is 2.38. The SMILES string of the molecule is CCS(=O)(=O)Nc1ccc(C2=NN(S(=O)(=O)c3ccc(C)cc3)[C@@H](c3cccc(OC)c3)C2)cc1. The summed E-state index contributed by atoms with van der Waals surface area (Å²) in [5.74, 6) is 0.589. The molecule has 0 saturated heterocycles. The van der Waals surface area contributed by atoms with Crippen LogP contribution in [-0.4, -0.2) is 39.8 Å². The number of ether oxygens (including phenoxy) is 1. The molecule has 4 rings (SSSR count). The van der Waals surface area contributed by atoms with Gasteiger partial charge in [-0.2, -0.15) is 17.9 Å². The molecule has 1 aliphatic heterocycles. The van der Waals surface area contributed by atoms with Gasteiger partial charge in [-0.3, -0.25) is 4.72 Å². The predicted octanol–water partition coefficient (Wildman–Crippen LogP) is 4.31. The molecular weight excluding hydrogens is 486 g/mol. The van der Waals surface area contributed by atoms with Crippen molar-refractivity contribution < 1.29 is 21.6 Å². The van der Waals surface area contributed by atoms with E-state index in [2.05, 4.69) is 9.82 Å². The van der Waals surface area contributed by atoms with E-state index >= 15 is 0 Å². The Morgan fingerprint density at radius 3 is 2.31 bits per heavy atom. The fourth-order valence-corrected chi connectivity index (χ4v) is 5.86. The zero-order valence-corrected chi connectivity index (χ0v) is 21.3. The van der Waals surface area contributed by atoms with Crippen molar-refractivity contribution in [2.75, 3.05) is 17.6 Å². The fourth-order valence-electron chi connectivity index (χ4n) is 3.78. The minimum atomic E-state index is -3.94. The number of sulfonamides is 2. The number of nitrogens with one attached hydrogen (secondary N) is 1. The highest BCUT2D eigenvalue weighted by Gasteiger charge is 2.37. The number of hydrogen-bond acceptors (Lipinski definition) is 6. The van der Waals surface area contributed by atoms with Crippen molar-refractivity contribution in [3.63, 3.8) is 0 Å². The molecule has 1 aliphatic rings. The highest BCUT2D eigenvalue weighted by atomic mass is 32.2. The van der Waals surface area contributed by atoms with Gasteiger partial charge in [0.25, 0.3) is 10.0 Å². The first-order chi connectivity index (χ1) is 16.6. The Bertz CT molecular complexity index is 1450. The maximum atomic E-state index is 13.6. The van der Waals surface area contributed by atoms with Gasteiger partial charge in [-0.1, -0.05) is 42.0 Å². The number of hydrogen-bond donors (Lipinski definition) is 1. The van der Waals surface area contributed by atoms with Crippen molar-refractivity contribution in [2.24, 2.45) is 5.10 Å². The first kappa shape index (κ1) is 24.7. The quantitative estimate of drug-likeness (QED) is 0.483. The standard InChI is InChI=1S/C25H27N3O5S2/c1-4-34(29,30)27-21-12-10-19(11-13-21)24-17-25(20-6-5-7-22(16-20)33-3)28(26-24)35(31,32)23-14-8-18(2)9-15-23/h5-16,25,27H,4,17H2,1-3H3/t25-/m1/s1. The normalized spacial score (nSPS) is 16.1. The van der Waals surface area contributed by atoms with E-state index < -0.39 is 26.1 Å².